The van der Waals surface area contributed by atoms with Crippen molar-refractivity contribution in [1.29, 1.82) is 0 Å². The number of aliphatic carboxylic acids is 1. The number of hydrogen-bond acceptors (Lipinski definition) is 4. The minimum Gasteiger partial charge on any atom is -0.477 e. The third-order valence-corrected chi connectivity index (χ3v) is 6.91. The Morgan fingerprint density at radius 2 is 1.92 bits per heavy atom. The van der Waals surface area contributed by atoms with E-state index in [0.29, 0.717) is 5.75 Å². The summed E-state index contributed by atoms with van der Waals surface area (Å²) in [4.78, 5) is 26.2. The van der Waals surface area contributed by atoms with Crippen molar-refractivity contribution in [2.75, 3.05) is 0 Å². The van der Waals surface area contributed by atoms with Gasteiger partial charge < -0.3 is 15.1 Å². The summed E-state index contributed by atoms with van der Waals surface area (Å²) in [6.45, 7) is 7.62. The number of pyridine rings is 1. The molecule has 1 fully saturated rings. The Labute approximate surface area is 157 Å². The Morgan fingerprint density at radius 3 is 2.42 bits per heavy atom. The van der Waals surface area contributed by atoms with Crippen molar-refractivity contribution in [2.45, 2.75) is 45.6 Å². The summed E-state index contributed by atoms with van der Waals surface area (Å²) in [5, 5.41) is 19.5. The van der Waals surface area contributed by atoms with Crippen LogP contribution < -0.4 is 4.57 Å². The van der Waals surface area contributed by atoms with Crippen LogP contribution in [0, 0.1) is 25.7 Å². The van der Waals surface area contributed by atoms with Crippen molar-refractivity contribution >= 4 is 23.6 Å². The molecule has 2 unspecified atom stereocenters. The minimum absolute atomic E-state index is 0.0873. The Morgan fingerprint density at radius 1 is 1.35 bits per heavy atom. The Balaban J connectivity index is 1.87. The average molecular weight is 377 g/mol. The smallest absolute Gasteiger partial charge is 0.353 e. The highest BCUT2D eigenvalue weighted by atomic mass is 32.2. The van der Waals surface area contributed by atoms with E-state index in [4.69, 9.17) is 0 Å². The van der Waals surface area contributed by atoms with Gasteiger partial charge in [0.15, 0.2) is 11.4 Å². The van der Waals surface area contributed by atoms with Gasteiger partial charge in [0.25, 0.3) is 0 Å². The van der Waals surface area contributed by atoms with E-state index in [2.05, 4.69) is 16.7 Å². The molecule has 1 saturated heterocycles. The second-order valence-electron chi connectivity index (χ2n) is 7.27. The number of aliphatic hydroxyl groups excluding tert-OH is 1. The standard InChI is InChI=1S/C19H24N2O4S/c1-9-6-13(7-10(2)20(9)5)8-26-17-11(3)15-14(12(4)22)18(23)21(15)16(17)19(24)25/h6-7,11-12,14-15,22H,8H2,1-5H3/p+1/t11-,12-,14?,15?/m1/s1. The van der Waals surface area contributed by atoms with Crippen LogP contribution in [0.3, 0.4) is 0 Å². The number of aryl methyl sites for hydroxylation is 2. The van der Waals surface area contributed by atoms with Gasteiger partial charge in [-0.3, -0.25) is 4.79 Å². The van der Waals surface area contributed by atoms with E-state index < -0.39 is 18.0 Å². The number of carbonyl (C=O) groups excluding carboxylic acids is 1. The van der Waals surface area contributed by atoms with Gasteiger partial charge in [0, 0.05) is 42.6 Å². The number of hydrogen-bond donors (Lipinski definition) is 2. The molecule has 2 N–H and O–H groups in total. The molecule has 1 aromatic rings. The third-order valence-electron chi connectivity index (χ3n) is 5.55. The monoisotopic (exact) mass is 377 g/mol. The highest BCUT2D eigenvalue weighted by Crippen LogP contribution is 2.50. The summed E-state index contributed by atoms with van der Waals surface area (Å²) in [6, 6.07) is 3.94. The number of amides is 1. The van der Waals surface area contributed by atoms with E-state index in [1.54, 1.807) is 6.92 Å². The number of thioether (sulfide) groups is 1. The second kappa shape index (κ2) is 6.70. The zero-order chi connectivity index (χ0) is 19.3. The summed E-state index contributed by atoms with van der Waals surface area (Å²) in [6.07, 6.45) is -0.773. The maximum Gasteiger partial charge on any atom is 0.353 e. The van der Waals surface area contributed by atoms with E-state index in [1.165, 1.54) is 16.7 Å². The average Bonchev–Trinajstić information content (AvgIpc) is 2.79. The van der Waals surface area contributed by atoms with Crippen LogP contribution in [-0.2, 0) is 22.4 Å². The fourth-order valence-electron chi connectivity index (χ4n) is 4.01. The fourth-order valence-corrected chi connectivity index (χ4v) is 5.22. The van der Waals surface area contributed by atoms with Gasteiger partial charge in [-0.15, -0.1) is 11.8 Å². The SMILES string of the molecule is Cc1cc(CSC2=C(C(=O)O)N3C(=O)C([C@@H](C)O)C3[C@H]2C)cc(C)[n+]1C. The van der Waals surface area contributed by atoms with Gasteiger partial charge >= 0.3 is 5.97 Å². The summed E-state index contributed by atoms with van der Waals surface area (Å²) in [7, 11) is 2.01. The maximum absolute atomic E-state index is 12.3. The fraction of sp³-hybridized carbons (Fsp3) is 0.526. The number of nitrogens with zero attached hydrogens (tertiary/aromatic N) is 2. The number of fused-ring (bicyclic) bond motifs is 1. The lowest BCUT2D eigenvalue weighted by Crippen LogP contribution is -2.63. The molecule has 4 atom stereocenters. The first-order valence-electron chi connectivity index (χ1n) is 8.72. The number of aliphatic hydroxyl groups is 1. The second-order valence-corrected chi connectivity index (χ2v) is 8.28. The highest BCUT2D eigenvalue weighted by molar-refractivity contribution is 8.02. The van der Waals surface area contributed by atoms with E-state index in [-0.39, 0.29) is 23.6 Å². The molecule has 6 nitrogen and oxygen atoms in total. The van der Waals surface area contributed by atoms with Crippen LogP contribution in [0.5, 0.6) is 0 Å². The molecule has 2 aliphatic heterocycles. The van der Waals surface area contributed by atoms with Crippen molar-refractivity contribution in [1.82, 2.24) is 4.90 Å². The van der Waals surface area contributed by atoms with Gasteiger partial charge in [0.2, 0.25) is 5.91 Å². The van der Waals surface area contributed by atoms with Crippen molar-refractivity contribution in [3.63, 3.8) is 0 Å². The highest BCUT2D eigenvalue weighted by Gasteiger charge is 2.59. The van der Waals surface area contributed by atoms with E-state index in [0.717, 1.165) is 21.9 Å². The van der Waals surface area contributed by atoms with E-state index in [9.17, 15) is 19.8 Å². The molecule has 0 aromatic carbocycles. The number of carboxylic acid groups (broad SMARTS) is 1. The number of β-lactam (4-membered cyclic amide) rings is 1. The number of carboxylic acids is 1. The molecule has 2 aliphatic rings. The molecule has 3 heterocycles. The molecule has 1 amide bonds. The van der Waals surface area contributed by atoms with Gasteiger partial charge in [-0.2, -0.15) is 0 Å². The summed E-state index contributed by atoms with van der Waals surface area (Å²) in [5.74, 6) is -1.33. The number of carbonyl (C=O) groups is 2. The molecule has 3 rings (SSSR count). The molecular weight excluding hydrogens is 352 g/mol. The topological polar surface area (TPSA) is 81.7 Å². The van der Waals surface area contributed by atoms with Crippen molar-refractivity contribution in [2.24, 2.45) is 18.9 Å². The van der Waals surface area contributed by atoms with Gasteiger partial charge in [0.1, 0.15) is 12.7 Å². The first kappa shape index (κ1) is 18.9. The molecular formula is C19H25N2O4S+. The molecule has 0 spiro atoms. The van der Waals surface area contributed by atoms with Crippen LogP contribution in [0.15, 0.2) is 22.7 Å². The molecule has 26 heavy (non-hydrogen) atoms. The lowest BCUT2D eigenvalue weighted by molar-refractivity contribution is -0.683. The summed E-state index contributed by atoms with van der Waals surface area (Å²) < 4.78 is 2.10. The predicted molar refractivity (Wildman–Crippen MR) is 98.0 cm³/mol. The molecule has 1 aromatic heterocycles. The normalized spacial score (nSPS) is 26.0. The molecule has 0 saturated carbocycles. The third kappa shape index (κ3) is 2.83. The zero-order valence-corrected chi connectivity index (χ0v) is 16.5. The molecule has 0 bridgehead atoms. The lowest BCUT2D eigenvalue weighted by atomic mass is 9.79. The van der Waals surface area contributed by atoms with Crippen molar-refractivity contribution in [3.05, 3.63) is 39.7 Å². The van der Waals surface area contributed by atoms with E-state index in [1.807, 2.05) is 27.8 Å². The van der Waals surface area contributed by atoms with Crippen LogP contribution >= 0.6 is 11.8 Å². The first-order chi connectivity index (χ1) is 12.1. The summed E-state index contributed by atoms with van der Waals surface area (Å²) in [5.41, 5.74) is 3.49. The molecule has 0 aliphatic carbocycles. The van der Waals surface area contributed by atoms with Gasteiger partial charge in [-0.1, -0.05) is 6.92 Å². The van der Waals surface area contributed by atoms with Crippen molar-refractivity contribution in [3.8, 4) is 0 Å². The van der Waals surface area contributed by atoms with Gasteiger partial charge in [-0.25, -0.2) is 9.36 Å². The van der Waals surface area contributed by atoms with Crippen LogP contribution in [0.4, 0.5) is 0 Å². The first-order valence-corrected chi connectivity index (χ1v) is 9.71. The number of rotatable bonds is 5. The minimum atomic E-state index is -1.08. The van der Waals surface area contributed by atoms with Crippen LogP contribution in [0.25, 0.3) is 0 Å². The summed E-state index contributed by atoms with van der Waals surface area (Å²) >= 11 is 1.48. The van der Waals surface area contributed by atoms with Crippen LogP contribution in [0.2, 0.25) is 0 Å². The molecule has 140 valence electrons. The van der Waals surface area contributed by atoms with Gasteiger partial charge in [0.05, 0.1) is 18.1 Å². The number of aromatic nitrogens is 1. The Kier molecular flexibility index (Phi) is 4.88. The Bertz CT molecular complexity index is 795. The van der Waals surface area contributed by atoms with Crippen LogP contribution in [-0.4, -0.2) is 39.1 Å². The quantitative estimate of drug-likeness (QED) is 0.601. The molecule has 0 radical (unpaired) electrons. The lowest BCUT2D eigenvalue weighted by Gasteiger charge is -2.46. The predicted octanol–water partition coefficient (Wildman–Crippen LogP) is 1.51. The Hall–Kier alpha value is -1.86. The zero-order valence-electron chi connectivity index (χ0n) is 15.7. The van der Waals surface area contributed by atoms with E-state index >= 15 is 0 Å². The van der Waals surface area contributed by atoms with Crippen molar-refractivity contribution < 1.29 is 24.4 Å². The maximum atomic E-state index is 12.3. The van der Waals surface area contributed by atoms with Gasteiger partial charge in [-0.05, 0) is 12.5 Å². The molecule has 7 heteroatoms. The van der Waals surface area contributed by atoms with Crippen LogP contribution in [0.1, 0.15) is 30.8 Å². The largest absolute Gasteiger partial charge is 0.477 e.